The van der Waals surface area contributed by atoms with Crippen LogP contribution in [0.25, 0.3) is 0 Å². The summed E-state index contributed by atoms with van der Waals surface area (Å²) in [4.78, 5) is 28.6. The summed E-state index contributed by atoms with van der Waals surface area (Å²) in [5.74, 6) is -1.64. The van der Waals surface area contributed by atoms with Crippen molar-refractivity contribution >= 4 is 50.7 Å². The highest BCUT2D eigenvalue weighted by atomic mass is 35.5. The molecule has 1 N–H and O–H groups in total. The highest BCUT2D eigenvalue weighted by molar-refractivity contribution is 7.92. The molecule has 1 aliphatic carbocycles. The van der Waals surface area contributed by atoms with E-state index in [-0.39, 0.29) is 44.7 Å². The average molecular weight is 635 g/mol. The number of hydrogen-bond donors (Lipinski definition) is 1. The van der Waals surface area contributed by atoms with Gasteiger partial charge in [0.2, 0.25) is 11.8 Å². The highest BCUT2D eigenvalue weighted by Crippen LogP contribution is 2.35. The fraction of sp³-hybridized carbons (Fsp3) is 0.355. The van der Waals surface area contributed by atoms with Crippen molar-refractivity contribution in [1.29, 1.82) is 0 Å². The minimum atomic E-state index is -4.32. The number of nitrogens with one attached hydrogen (secondary N) is 1. The van der Waals surface area contributed by atoms with E-state index in [4.69, 9.17) is 23.2 Å². The van der Waals surface area contributed by atoms with Gasteiger partial charge in [-0.25, -0.2) is 12.8 Å². The number of nitrogens with zero attached hydrogens (tertiary/aromatic N) is 2. The summed E-state index contributed by atoms with van der Waals surface area (Å²) in [6.45, 7) is 2.44. The minimum absolute atomic E-state index is 0.00300. The van der Waals surface area contributed by atoms with Crippen LogP contribution in [0, 0.1) is 12.7 Å². The van der Waals surface area contributed by atoms with Gasteiger partial charge in [0, 0.05) is 18.2 Å². The number of benzene rings is 3. The summed E-state index contributed by atoms with van der Waals surface area (Å²) in [6.07, 6.45) is 4.80. The van der Waals surface area contributed by atoms with E-state index >= 15 is 0 Å². The van der Waals surface area contributed by atoms with Gasteiger partial charge < -0.3 is 10.2 Å². The molecule has 0 bridgehead atoms. The van der Waals surface area contributed by atoms with Crippen molar-refractivity contribution in [3.8, 4) is 0 Å². The Morgan fingerprint density at radius 3 is 2.31 bits per heavy atom. The number of anilines is 1. The number of aryl methyl sites for hydroxylation is 1. The van der Waals surface area contributed by atoms with Gasteiger partial charge >= 0.3 is 0 Å². The van der Waals surface area contributed by atoms with Gasteiger partial charge in [0.05, 0.1) is 20.6 Å². The Kier molecular flexibility index (Phi) is 10.5. The van der Waals surface area contributed by atoms with E-state index in [1.54, 1.807) is 25.1 Å². The molecule has 1 atom stereocenters. The summed E-state index contributed by atoms with van der Waals surface area (Å²) < 4.78 is 43.5. The molecule has 1 fully saturated rings. The van der Waals surface area contributed by atoms with Crippen LogP contribution in [-0.2, 0) is 26.2 Å². The molecule has 2 amide bonds. The van der Waals surface area contributed by atoms with Gasteiger partial charge in [-0.3, -0.25) is 13.9 Å². The van der Waals surface area contributed by atoms with Gasteiger partial charge in [0.25, 0.3) is 10.0 Å². The van der Waals surface area contributed by atoms with E-state index in [0.717, 1.165) is 42.0 Å². The Morgan fingerprint density at radius 1 is 0.976 bits per heavy atom. The second-order valence-electron chi connectivity index (χ2n) is 10.5. The Bertz CT molecular complexity index is 1530. The molecule has 11 heteroatoms. The van der Waals surface area contributed by atoms with Gasteiger partial charge in [-0.15, -0.1) is 0 Å². The fourth-order valence-corrected chi connectivity index (χ4v) is 6.87. The van der Waals surface area contributed by atoms with E-state index < -0.39 is 34.3 Å². The van der Waals surface area contributed by atoms with E-state index in [1.165, 1.54) is 53.4 Å². The summed E-state index contributed by atoms with van der Waals surface area (Å²) in [7, 11) is -4.32. The predicted octanol–water partition coefficient (Wildman–Crippen LogP) is 6.50. The Hall–Kier alpha value is -3.14. The van der Waals surface area contributed by atoms with Crippen molar-refractivity contribution in [2.24, 2.45) is 0 Å². The van der Waals surface area contributed by atoms with Gasteiger partial charge in [-0.05, 0) is 57.0 Å². The van der Waals surface area contributed by atoms with E-state index in [2.05, 4.69) is 5.32 Å². The molecule has 1 saturated carbocycles. The number of halogens is 3. The van der Waals surface area contributed by atoms with Crippen LogP contribution in [0.3, 0.4) is 0 Å². The number of amides is 2. The molecule has 0 radical (unpaired) electrons. The van der Waals surface area contributed by atoms with Crippen LogP contribution in [0.5, 0.6) is 0 Å². The number of carbonyl (C=O) groups excluding carboxylic acids is 2. The Labute approximate surface area is 256 Å². The maximum absolute atomic E-state index is 14.7. The van der Waals surface area contributed by atoms with Crippen molar-refractivity contribution < 1.29 is 22.4 Å². The van der Waals surface area contributed by atoms with E-state index in [9.17, 15) is 22.4 Å². The largest absolute Gasteiger partial charge is 0.352 e. The van der Waals surface area contributed by atoms with E-state index in [1.807, 2.05) is 6.92 Å². The topological polar surface area (TPSA) is 86.8 Å². The van der Waals surface area contributed by atoms with E-state index in [0.29, 0.717) is 0 Å². The molecule has 0 unspecified atom stereocenters. The molecule has 0 heterocycles. The molecule has 0 aromatic heterocycles. The summed E-state index contributed by atoms with van der Waals surface area (Å²) >= 11 is 12.7. The third-order valence-electron chi connectivity index (χ3n) is 7.51. The average Bonchev–Trinajstić information content (AvgIpc) is 2.97. The van der Waals surface area contributed by atoms with Gasteiger partial charge in [-0.1, -0.05) is 84.4 Å². The van der Waals surface area contributed by atoms with Crippen molar-refractivity contribution in [2.75, 3.05) is 10.8 Å². The van der Waals surface area contributed by atoms with Crippen LogP contribution >= 0.6 is 23.2 Å². The van der Waals surface area contributed by atoms with Crippen molar-refractivity contribution in [3.05, 3.63) is 93.7 Å². The number of carbonyl (C=O) groups is 2. The van der Waals surface area contributed by atoms with Crippen LogP contribution in [0.1, 0.15) is 50.2 Å². The molecule has 1 aliphatic rings. The monoisotopic (exact) mass is 633 g/mol. The van der Waals surface area contributed by atoms with Gasteiger partial charge in [0.1, 0.15) is 18.4 Å². The molecular weight excluding hydrogens is 600 g/mol. The van der Waals surface area contributed by atoms with Crippen molar-refractivity contribution in [1.82, 2.24) is 10.2 Å². The molecule has 42 heavy (non-hydrogen) atoms. The van der Waals surface area contributed by atoms with Gasteiger partial charge in [0.15, 0.2) is 0 Å². The molecular formula is C31H34Cl2FN3O4S. The predicted molar refractivity (Wildman–Crippen MR) is 164 cm³/mol. The zero-order valence-electron chi connectivity index (χ0n) is 23.5. The second-order valence-corrected chi connectivity index (χ2v) is 13.2. The minimum Gasteiger partial charge on any atom is -0.352 e. The van der Waals surface area contributed by atoms with Crippen LogP contribution in [0.2, 0.25) is 10.0 Å². The van der Waals surface area contributed by atoms with Crippen LogP contribution in [-0.4, -0.2) is 43.8 Å². The lowest BCUT2D eigenvalue weighted by Gasteiger charge is -2.33. The maximum Gasteiger partial charge on any atom is 0.264 e. The molecule has 0 spiro atoms. The first-order valence-corrected chi connectivity index (χ1v) is 16.1. The molecule has 3 aromatic carbocycles. The maximum atomic E-state index is 14.7. The molecule has 4 rings (SSSR count). The molecule has 224 valence electrons. The second kappa shape index (κ2) is 13.9. The number of rotatable bonds is 10. The first-order valence-electron chi connectivity index (χ1n) is 13.9. The Balaban J connectivity index is 1.72. The Morgan fingerprint density at radius 2 is 1.64 bits per heavy atom. The lowest BCUT2D eigenvalue weighted by molar-refractivity contribution is -0.139. The smallest absolute Gasteiger partial charge is 0.264 e. The molecule has 7 nitrogen and oxygen atoms in total. The fourth-order valence-electron chi connectivity index (χ4n) is 5.00. The van der Waals surface area contributed by atoms with Crippen molar-refractivity contribution in [3.63, 3.8) is 0 Å². The summed E-state index contributed by atoms with van der Waals surface area (Å²) in [6, 6.07) is 15.6. The quantitative estimate of drug-likeness (QED) is 0.276. The van der Waals surface area contributed by atoms with Gasteiger partial charge in [-0.2, -0.15) is 0 Å². The van der Waals surface area contributed by atoms with Crippen LogP contribution < -0.4 is 9.62 Å². The molecule has 0 saturated heterocycles. The molecule has 3 aromatic rings. The highest BCUT2D eigenvalue weighted by Gasteiger charge is 2.34. The third kappa shape index (κ3) is 7.43. The lowest BCUT2D eigenvalue weighted by atomic mass is 9.95. The summed E-state index contributed by atoms with van der Waals surface area (Å²) in [5, 5.41) is 3.08. The zero-order valence-corrected chi connectivity index (χ0v) is 25.9. The normalized spacial score (nSPS) is 14.7. The summed E-state index contributed by atoms with van der Waals surface area (Å²) in [5.41, 5.74) is 1.05. The zero-order chi connectivity index (χ0) is 30.4. The number of hydrogen-bond acceptors (Lipinski definition) is 4. The first kappa shape index (κ1) is 31.8. The third-order valence-corrected chi connectivity index (χ3v) is 10.1. The van der Waals surface area contributed by atoms with Crippen LogP contribution in [0.15, 0.2) is 71.6 Å². The standard InChI is InChI=1S/C31H34Cl2FN3O4S/c1-21-15-17-25(18-16-21)42(40,41)37(28-14-8-12-26(32)30(28)33)20-29(38)36(19-23-9-6-7-13-27(23)34)22(2)31(39)35-24-10-4-3-5-11-24/h6-9,12-18,22,24H,3-5,10-11,19-20H2,1-2H3,(H,35,39)/t22-/m1/s1. The van der Waals surface area contributed by atoms with Crippen molar-refractivity contribution in [2.45, 2.75) is 69.5 Å². The SMILES string of the molecule is Cc1ccc(S(=O)(=O)N(CC(=O)N(Cc2ccccc2F)[C@H](C)C(=O)NC2CCCCC2)c2cccc(Cl)c2Cl)cc1. The lowest BCUT2D eigenvalue weighted by Crippen LogP contribution is -2.53. The first-order chi connectivity index (χ1) is 20.0. The van der Waals surface area contributed by atoms with Crippen LogP contribution in [0.4, 0.5) is 10.1 Å². The number of sulfonamides is 1. The molecule has 0 aliphatic heterocycles.